The number of nitro groups is 1. The van der Waals surface area contributed by atoms with E-state index in [-0.39, 0.29) is 59.6 Å². The van der Waals surface area contributed by atoms with Crippen LogP contribution < -0.4 is 11.1 Å². The molecule has 0 saturated carbocycles. The number of nitrogen functional groups attached to an aromatic ring is 1. The van der Waals surface area contributed by atoms with Crippen LogP contribution >= 0.6 is 23.1 Å². The molecule has 0 aliphatic carbocycles. The van der Waals surface area contributed by atoms with Crippen LogP contribution in [0.4, 0.5) is 10.8 Å². The van der Waals surface area contributed by atoms with Gasteiger partial charge in [-0.1, -0.05) is 5.16 Å². The van der Waals surface area contributed by atoms with Crippen LogP contribution in [0, 0.1) is 10.1 Å². The van der Waals surface area contributed by atoms with Gasteiger partial charge in [0.2, 0.25) is 0 Å². The Labute approximate surface area is 240 Å². The summed E-state index contributed by atoms with van der Waals surface area (Å²) in [5, 5.41) is 18.4. The number of rotatable bonds is 12. The molecule has 0 spiro atoms. The molecule has 1 fully saturated rings. The third-order valence-electron chi connectivity index (χ3n) is 5.80. The highest BCUT2D eigenvalue weighted by atomic mass is 32.2. The van der Waals surface area contributed by atoms with Crippen molar-refractivity contribution in [2.75, 3.05) is 25.2 Å². The number of nitrogens with two attached hydrogens (primary N) is 1. The fourth-order valence-electron chi connectivity index (χ4n) is 3.75. The molecule has 0 radical (unpaired) electrons. The molecule has 2 amide bonds. The van der Waals surface area contributed by atoms with E-state index in [4.69, 9.17) is 20.0 Å². The molecule has 2 aromatic rings. The molecule has 2 aliphatic rings. The molecule has 216 valence electrons. The number of ether oxygens (including phenoxy) is 2. The number of β-lactam (4-membered cyclic amide) rings is 1. The number of hydrogen-bond donors (Lipinski definition) is 2. The van der Waals surface area contributed by atoms with Gasteiger partial charge >= 0.3 is 11.9 Å². The van der Waals surface area contributed by atoms with Crippen molar-refractivity contribution >= 4 is 63.4 Å². The average Bonchev–Trinajstić information content (AvgIpc) is 3.40. The predicted molar refractivity (Wildman–Crippen MR) is 146 cm³/mol. The molecular formula is C24H24N6O9S2. The molecule has 3 heterocycles. The summed E-state index contributed by atoms with van der Waals surface area (Å²) in [6, 6.07) is 4.80. The number of thiazole rings is 1. The van der Waals surface area contributed by atoms with E-state index in [0.29, 0.717) is 5.56 Å². The van der Waals surface area contributed by atoms with Crippen molar-refractivity contribution in [2.45, 2.75) is 30.9 Å². The smallest absolute Gasteiger partial charge is 0.336 e. The molecular weight excluding hydrogens is 580 g/mol. The number of carbonyl (C=O) groups is 4. The predicted octanol–water partition coefficient (Wildman–Crippen LogP) is 1.33. The van der Waals surface area contributed by atoms with E-state index in [1.54, 1.807) is 5.38 Å². The lowest BCUT2D eigenvalue weighted by atomic mass is 10.1. The Kier molecular flexibility index (Phi) is 9.51. The Morgan fingerprint density at radius 3 is 2.68 bits per heavy atom. The summed E-state index contributed by atoms with van der Waals surface area (Å²) < 4.78 is 10.4. The number of esters is 2. The number of oxime groups is 1. The summed E-state index contributed by atoms with van der Waals surface area (Å²) in [7, 11) is 1.28. The Balaban J connectivity index is 1.19. The molecule has 1 saturated heterocycles. The lowest BCUT2D eigenvalue weighted by Gasteiger charge is -2.47. The summed E-state index contributed by atoms with van der Waals surface area (Å²) in [5.41, 5.74) is 6.53. The van der Waals surface area contributed by atoms with E-state index in [9.17, 15) is 29.3 Å². The fraction of sp³-hybridized carbons (Fsp3) is 0.333. The molecule has 4 rings (SSSR count). The number of amides is 2. The topological polar surface area (TPSA) is 206 Å². The van der Waals surface area contributed by atoms with Crippen molar-refractivity contribution < 1.29 is 38.4 Å². The third-order valence-corrected chi connectivity index (χ3v) is 7.79. The summed E-state index contributed by atoms with van der Waals surface area (Å²) in [5.74, 6) is -1.95. The molecule has 0 bridgehead atoms. The number of anilines is 1. The second-order valence-corrected chi connectivity index (χ2v) is 10.6. The first-order valence-electron chi connectivity index (χ1n) is 12.0. The summed E-state index contributed by atoms with van der Waals surface area (Å²) in [6.45, 7) is -0.0700. The first-order chi connectivity index (χ1) is 19.7. The van der Waals surface area contributed by atoms with E-state index in [0.717, 1.165) is 11.3 Å². The lowest BCUT2D eigenvalue weighted by Crippen LogP contribution is -2.69. The van der Waals surface area contributed by atoms with Gasteiger partial charge in [-0.05, 0) is 24.1 Å². The molecule has 1 aromatic heterocycles. The average molecular weight is 605 g/mol. The van der Waals surface area contributed by atoms with Gasteiger partial charge in [-0.3, -0.25) is 24.5 Å². The van der Waals surface area contributed by atoms with Gasteiger partial charge in [-0.25, -0.2) is 9.78 Å². The summed E-state index contributed by atoms with van der Waals surface area (Å²) in [6.07, 6.45) is 1.63. The van der Waals surface area contributed by atoms with Gasteiger partial charge in [-0.2, -0.15) is 0 Å². The first kappa shape index (κ1) is 29.5. The second kappa shape index (κ2) is 13.2. The van der Waals surface area contributed by atoms with Gasteiger partial charge < -0.3 is 30.3 Å². The second-order valence-electron chi connectivity index (χ2n) is 8.57. The Hall–Kier alpha value is -4.51. The maximum Gasteiger partial charge on any atom is 0.336 e. The van der Waals surface area contributed by atoms with E-state index in [1.807, 2.05) is 0 Å². The minimum absolute atomic E-state index is 0.00395. The van der Waals surface area contributed by atoms with Crippen molar-refractivity contribution in [3.63, 3.8) is 0 Å². The van der Waals surface area contributed by atoms with E-state index >= 15 is 0 Å². The van der Waals surface area contributed by atoms with Crippen molar-refractivity contribution in [3.8, 4) is 0 Å². The van der Waals surface area contributed by atoms with E-state index in [2.05, 4.69) is 15.5 Å². The highest BCUT2D eigenvalue weighted by molar-refractivity contribution is 8.00. The molecule has 17 heteroatoms. The van der Waals surface area contributed by atoms with Crippen molar-refractivity contribution in [2.24, 2.45) is 5.16 Å². The summed E-state index contributed by atoms with van der Waals surface area (Å²) >= 11 is 2.41. The molecule has 2 atom stereocenters. The third kappa shape index (κ3) is 7.17. The zero-order chi connectivity index (χ0) is 29.5. The molecule has 3 N–H and O–H groups in total. The standard InChI is InChI=1S/C24H24N6O9S2/c1-37-28-18(16-12-41-24(25)26-16)20(32)27-19-21(33)29-9-14(11-40-22(19)29)23(34)38-8-2-3-17(31)39-10-13-4-6-15(7-5-13)30(35)36/h4-7,9,12,19,22H,2-3,8,10-11H2,1H3,(H2,25,26)(H,27,32)/t19?,22-/m1/s1. The number of fused-ring (bicyclic) bond motifs is 1. The van der Waals surface area contributed by atoms with Crippen LogP contribution in [0.15, 0.2) is 46.6 Å². The van der Waals surface area contributed by atoms with Crippen molar-refractivity contribution in [3.05, 3.63) is 62.8 Å². The highest BCUT2D eigenvalue weighted by Gasteiger charge is 2.50. The lowest BCUT2D eigenvalue weighted by molar-refractivity contribution is -0.384. The SMILES string of the molecule is CON=C(C(=O)NC1C(=O)N2C=C(C(=O)OCCCC(=O)OCc3ccc([N+](=O)[O-])cc3)CS[C@H]12)c1csc(N)n1. The number of benzene rings is 1. The zero-order valence-corrected chi connectivity index (χ0v) is 23.1. The Morgan fingerprint density at radius 2 is 2.02 bits per heavy atom. The summed E-state index contributed by atoms with van der Waals surface area (Å²) in [4.78, 5) is 70.1. The van der Waals surface area contributed by atoms with Crippen LogP contribution in [-0.4, -0.2) is 75.2 Å². The number of aromatic nitrogens is 1. The van der Waals surface area contributed by atoms with Gasteiger partial charge in [0.25, 0.3) is 17.5 Å². The van der Waals surface area contributed by atoms with Crippen LogP contribution in [0.5, 0.6) is 0 Å². The van der Waals surface area contributed by atoms with Gasteiger partial charge in [0.15, 0.2) is 10.8 Å². The van der Waals surface area contributed by atoms with E-state index < -0.39 is 40.1 Å². The molecule has 1 unspecified atom stereocenters. The van der Waals surface area contributed by atoms with Crippen molar-refractivity contribution in [1.29, 1.82) is 0 Å². The number of nitrogens with one attached hydrogen (secondary N) is 1. The van der Waals surface area contributed by atoms with Crippen LogP contribution in [0.1, 0.15) is 24.1 Å². The minimum Gasteiger partial charge on any atom is -0.462 e. The molecule has 2 aliphatic heterocycles. The fourth-order valence-corrected chi connectivity index (χ4v) is 5.54. The zero-order valence-electron chi connectivity index (χ0n) is 21.5. The maximum absolute atomic E-state index is 12.8. The van der Waals surface area contributed by atoms with Crippen LogP contribution in [0.25, 0.3) is 0 Å². The molecule has 41 heavy (non-hydrogen) atoms. The number of nitrogens with zero attached hydrogens (tertiary/aromatic N) is 4. The maximum atomic E-state index is 12.8. The Bertz CT molecular complexity index is 1410. The van der Waals surface area contributed by atoms with Gasteiger partial charge in [0.05, 0.1) is 17.1 Å². The number of carbonyl (C=O) groups excluding carboxylic acids is 4. The quantitative estimate of drug-likeness (QED) is 0.0879. The minimum atomic E-state index is -0.837. The Morgan fingerprint density at radius 1 is 1.27 bits per heavy atom. The van der Waals surface area contributed by atoms with Crippen LogP contribution in [0.2, 0.25) is 0 Å². The normalized spacial score (nSPS) is 18.0. The molecule has 15 nitrogen and oxygen atoms in total. The number of nitro benzene ring substituents is 1. The molecule has 1 aromatic carbocycles. The number of thioether (sulfide) groups is 1. The van der Waals surface area contributed by atoms with Crippen LogP contribution in [0.3, 0.4) is 0 Å². The first-order valence-corrected chi connectivity index (χ1v) is 13.9. The van der Waals surface area contributed by atoms with Crippen molar-refractivity contribution in [1.82, 2.24) is 15.2 Å². The van der Waals surface area contributed by atoms with Gasteiger partial charge in [0.1, 0.15) is 30.8 Å². The highest BCUT2D eigenvalue weighted by Crippen LogP contribution is 2.36. The van der Waals surface area contributed by atoms with Gasteiger partial charge in [0, 0.05) is 35.9 Å². The van der Waals surface area contributed by atoms with Crippen LogP contribution in [-0.2, 0) is 40.1 Å². The number of non-ortho nitro benzene ring substituents is 1. The van der Waals surface area contributed by atoms with Gasteiger partial charge in [-0.15, -0.1) is 23.1 Å². The monoisotopic (exact) mass is 604 g/mol. The van der Waals surface area contributed by atoms with E-state index in [1.165, 1.54) is 54.2 Å². The number of hydrogen-bond acceptors (Lipinski definition) is 14. The largest absolute Gasteiger partial charge is 0.462 e.